The Morgan fingerprint density at radius 2 is 1.73 bits per heavy atom. The number of hydrogen-bond acceptors (Lipinski definition) is 3. The molecule has 0 saturated heterocycles. The average Bonchev–Trinajstić information content (AvgIpc) is 2.53. The standard InChI is InChI=1S/C17H16N2O3/c1-13(16-8-10-17(11-9-16)19(21)22)18(14(2)20)12-15-6-4-3-5-7-15/h3-11H,1,12H2,2H3. The lowest BCUT2D eigenvalue weighted by Crippen LogP contribution is -2.26. The second-order valence-corrected chi connectivity index (χ2v) is 4.84. The van der Waals surface area contributed by atoms with Crippen LogP contribution in [0.15, 0.2) is 61.2 Å². The van der Waals surface area contributed by atoms with Crippen LogP contribution in [0, 0.1) is 10.1 Å². The van der Waals surface area contributed by atoms with Crippen LogP contribution in [0.25, 0.3) is 5.70 Å². The molecule has 0 saturated carbocycles. The number of nitrogens with zero attached hydrogens (tertiary/aromatic N) is 2. The molecule has 0 unspecified atom stereocenters. The summed E-state index contributed by atoms with van der Waals surface area (Å²) in [6.45, 7) is 5.83. The van der Waals surface area contributed by atoms with Gasteiger partial charge in [0, 0.05) is 24.8 Å². The maximum atomic E-state index is 11.9. The monoisotopic (exact) mass is 296 g/mol. The van der Waals surface area contributed by atoms with Crippen molar-refractivity contribution >= 4 is 17.3 Å². The van der Waals surface area contributed by atoms with Gasteiger partial charge >= 0.3 is 0 Å². The number of carbonyl (C=O) groups excluding carboxylic acids is 1. The first kappa shape index (κ1) is 15.4. The van der Waals surface area contributed by atoms with Crippen LogP contribution in [-0.4, -0.2) is 15.7 Å². The van der Waals surface area contributed by atoms with Crippen molar-refractivity contribution in [2.24, 2.45) is 0 Å². The van der Waals surface area contributed by atoms with E-state index in [2.05, 4.69) is 6.58 Å². The highest BCUT2D eigenvalue weighted by Crippen LogP contribution is 2.22. The summed E-state index contributed by atoms with van der Waals surface area (Å²) in [6, 6.07) is 15.6. The van der Waals surface area contributed by atoms with Gasteiger partial charge in [0.25, 0.3) is 5.69 Å². The fourth-order valence-electron chi connectivity index (χ4n) is 2.09. The first-order chi connectivity index (χ1) is 10.5. The number of carbonyl (C=O) groups is 1. The molecule has 0 aliphatic heterocycles. The predicted octanol–water partition coefficient (Wildman–Crippen LogP) is 3.61. The van der Waals surface area contributed by atoms with Crippen molar-refractivity contribution in [2.75, 3.05) is 0 Å². The maximum Gasteiger partial charge on any atom is 0.269 e. The molecule has 0 N–H and O–H groups in total. The van der Waals surface area contributed by atoms with Crippen LogP contribution >= 0.6 is 0 Å². The minimum atomic E-state index is -0.459. The number of rotatable bonds is 5. The molecule has 0 bridgehead atoms. The molecule has 0 radical (unpaired) electrons. The van der Waals surface area contributed by atoms with Gasteiger partial charge < -0.3 is 4.90 Å². The first-order valence-electron chi connectivity index (χ1n) is 6.75. The highest BCUT2D eigenvalue weighted by atomic mass is 16.6. The van der Waals surface area contributed by atoms with Crippen LogP contribution in [0.2, 0.25) is 0 Å². The van der Waals surface area contributed by atoms with Crippen LogP contribution in [0.3, 0.4) is 0 Å². The Labute approximate surface area is 128 Å². The molecular formula is C17H16N2O3. The van der Waals surface area contributed by atoms with Gasteiger partial charge in [-0.15, -0.1) is 0 Å². The molecule has 0 fully saturated rings. The fraction of sp³-hybridized carbons (Fsp3) is 0.118. The largest absolute Gasteiger partial charge is 0.308 e. The smallest absolute Gasteiger partial charge is 0.269 e. The Bertz CT molecular complexity index is 694. The van der Waals surface area contributed by atoms with Crippen molar-refractivity contribution in [1.82, 2.24) is 4.90 Å². The molecule has 0 atom stereocenters. The second-order valence-electron chi connectivity index (χ2n) is 4.84. The van der Waals surface area contributed by atoms with Crippen molar-refractivity contribution in [3.8, 4) is 0 Å². The molecule has 0 heterocycles. The summed E-state index contributed by atoms with van der Waals surface area (Å²) in [7, 11) is 0. The molecule has 0 spiro atoms. The normalized spacial score (nSPS) is 10.0. The average molecular weight is 296 g/mol. The van der Waals surface area contributed by atoms with Crippen LogP contribution in [0.5, 0.6) is 0 Å². The molecule has 5 nitrogen and oxygen atoms in total. The Balaban J connectivity index is 2.23. The molecule has 2 aromatic rings. The quantitative estimate of drug-likeness (QED) is 0.625. The number of nitro benzene ring substituents is 1. The van der Waals surface area contributed by atoms with Gasteiger partial charge in [0.2, 0.25) is 5.91 Å². The highest BCUT2D eigenvalue weighted by Gasteiger charge is 2.15. The molecule has 2 aromatic carbocycles. The lowest BCUT2D eigenvalue weighted by atomic mass is 10.1. The van der Waals surface area contributed by atoms with Crippen LogP contribution in [0.1, 0.15) is 18.1 Å². The minimum Gasteiger partial charge on any atom is -0.308 e. The summed E-state index contributed by atoms with van der Waals surface area (Å²) in [6.07, 6.45) is 0. The van der Waals surface area contributed by atoms with Gasteiger partial charge in [-0.05, 0) is 23.3 Å². The third kappa shape index (κ3) is 3.58. The van der Waals surface area contributed by atoms with Gasteiger partial charge in [-0.3, -0.25) is 14.9 Å². The summed E-state index contributed by atoms with van der Waals surface area (Å²) in [5.74, 6) is -0.132. The topological polar surface area (TPSA) is 63.5 Å². The third-order valence-electron chi connectivity index (χ3n) is 3.30. The molecular weight excluding hydrogens is 280 g/mol. The summed E-state index contributed by atoms with van der Waals surface area (Å²) in [5, 5.41) is 10.7. The predicted molar refractivity (Wildman–Crippen MR) is 84.8 cm³/mol. The Morgan fingerprint density at radius 3 is 2.23 bits per heavy atom. The molecule has 22 heavy (non-hydrogen) atoms. The number of benzene rings is 2. The van der Waals surface area contributed by atoms with Gasteiger partial charge in [-0.25, -0.2) is 0 Å². The molecule has 112 valence electrons. The lowest BCUT2D eigenvalue weighted by molar-refractivity contribution is -0.384. The van der Waals surface area contributed by atoms with E-state index in [0.29, 0.717) is 17.8 Å². The minimum absolute atomic E-state index is 0.00832. The molecule has 0 aliphatic rings. The van der Waals surface area contributed by atoms with Crippen LogP contribution in [0.4, 0.5) is 5.69 Å². The first-order valence-corrected chi connectivity index (χ1v) is 6.75. The Hall–Kier alpha value is -2.95. The van der Waals surface area contributed by atoms with Gasteiger partial charge in [-0.2, -0.15) is 0 Å². The summed E-state index contributed by atoms with van der Waals surface area (Å²) >= 11 is 0. The molecule has 5 heteroatoms. The Morgan fingerprint density at radius 1 is 1.14 bits per heavy atom. The van der Waals surface area contributed by atoms with E-state index < -0.39 is 4.92 Å². The van der Waals surface area contributed by atoms with E-state index >= 15 is 0 Å². The van der Waals surface area contributed by atoms with Gasteiger partial charge in [0.05, 0.1) is 11.5 Å². The molecule has 0 aromatic heterocycles. The van der Waals surface area contributed by atoms with E-state index in [1.807, 2.05) is 30.3 Å². The zero-order valence-electron chi connectivity index (χ0n) is 12.2. The molecule has 2 rings (SSSR count). The van der Waals surface area contributed by atoms with Crippen molar-refractivity contribution in [3.05, 3.63) is 82.4 Å². The van der Waals surface area contributed by atoms with E-state index in [1.54, 1.807) is 17.0 Å². The SMILES string of the molecule is C=C(c1ccc([N+](=O)[O-])cc1)N(Cc1ccccc1)C(C)=O. The molecule has 0 aliphatic carbocycles. The van der Waals surface area contributed by atoms with E-state index in [1.165, 1.54) is 19.1 Å². The fourth-order valence-corrected chi connectivity index (χ4v) is 2.09. The summed E-state index contributed by atoms with van der Waals surface area (Å²) < 4.78 is 0. The number of non-ortho nitro benzene ring substituents is 1. The third-order valence-corrected chi connectivity index (χ3v) is 3.30. The van der Waals surface area contributed by atoms with Gasteiger partial charge in [-0.1, -0.05) is 36.9 Å². The van der Waals surface area contributed by atoms with Crippen molar-refractivity contribution < 1.29 is 9.72 Å². The van der Waals surface area contributed by atoms with Crippen LogP contribution < -0.4 is 0 Å². The van der Waals surface area contributed by atoms with E-state index in [0.717, 1.165) is 5.56 Å². The molecule has 1 amide bonds. The second kappa shape index (κ2) is 6.67. The summed E-state index contributed by atoms with van der Waals surface area (Å²) in [5.41, 5.74) is 2.19. The van der Waals surface area contributed by atoms with E-state index in [4.69, 9.17) is 0 Å². The number of nitro groups is 1. The van der Waals surface area contributed by atoms with Crippen molar-refractivity contribution in [1.29, 1.82) is 0 Å². The maximum absolute atomic E-state index is 11.9. The van der Waals surface area contributed by atoms with Crippen molar-refractivity contribution in [2.45, 2.75) is 13.5 Å². The van der Waals surface area contributed by atoms with E-state index in [9.17, 15) is 14.9 Å². The van der Waals surface area contributed by atoms with E-state index in [-0.39, 0.29) is 11.6 Å². The zero-order valence-corrected chi connectivity index (χ0v) is 12.2. The van der Waals surface area contributed by atoms with Crippen LogP contribution in [-0.2, 0) is 11.3 Å². The Kier molecular flexibility index (Phi) is 4.68. The van der Waals surface area contributed by atoms with Crippen molar-refractivity contribution in [3.63, 3.8) is 0 Å². The number of hydrogen-bond donors (Lipinski definition) is 0. The van der Waals surface area contributed by atoms with Gasteiger partial charge in [0.1, 0.15) is 0 Å². The summed E-state index contributed by atoms with van der Waals surface area (Å²) in [4.78, 5) is 23.7. The number of amides is 1. The lowest BCUT2D eigenvalue weighted by Gasteiger charge is -2.23. The van der Waals surface area contributed by atoms with Gasteiger partial charge in [0.15, 0.2) is 0 Å². The highest BCUT2D eigenvalue weighted by molar-refractivity contribution is 5.84. The zero-order chi connectivity index (χ0) is 16.1.